The minimum atomic E-state index is -0.526. The van der Waals surface area contributed by atoms with Crippen LogP contribution in [0.3, 0.4) is 0 Å². The number of likely N-dealkylation sites (tertiary alicyclic amines) is 1. The van der Waals surface area contributed by atoms with Crippen molar-refractivity contribution < 1.29 is 9.53 Å². The predicted octanol–water partition coefficient (Wildman–Crippen LogP) is 9.70. The summed E-state index contributed by atoms with van der Waals surface area (Å²) in [7, 11) is 1.40. The van der Waals surface area contributed by atoms with E-state index in [2.05, 4.69) is 84.9 Å². The third kappa shape index (κ3) is 4.43. The topological polar surface area (TPSA) is 29.5 Å². The molecular formula is C34H33NO2P2. The number of rotatable bonds is 3. The number of benzene rings is 4. The van der Waals surface area contributed by atoms with Crippen molar-refractivity contribution in [3.8, 4) is 0 Å². The van der Waals surface area contributed by atoms with Crippen LogP contribution in [-0.4, -0.2) is 29.2 Å². The van der Waals surface area contributed by atoms with E-state index in [0.717, 1.165) is 12.8 Å². The molecule has 4 atom stereocenters. The molecule has 2 unspecified atom stereocenters. The van der Waals surface area contributed by atoms with E-state index in [9.17, 15) is 4.79 Å². The van der Waals surface area contributed by atoms with Gasteiger partial charge >= 0.3 is 6.09 Å². The molecule has 2 aromatic heterocycles. The van der Waals surface area contributed by atoms with E-state index in [1.807, 2.05) is 25.7 Å². The van der Waals surface area contributed by atoms with E-state index in [1.54, 1.807) is 0 Å². The molecule has 0 saturated carbocycles. The maximum absolute atomic E-state index is 13.6. The Labute approximate surface area is 232 Å². The van der Waals surface area contributed by atoms with Crippen LogP contribution in [-0.2, 0) is 11.2 Å². The van der Waals surface area contributed by atoms with E-state index in [4.69, 9.17) is 4.74 Å². The Morgan fingerprint density at radius 3 is 2.08 bits per heavy atom. The first kappa shape index (κ1) is 24.8. The Kier molecular flexibility index (Phi) is 6.00. The molecule has 1 amide bonds. The highest BCUT2D eigenvalue weighted by molar-refractivity contribution is 7.44. The monoisotopic (exact) mass is 549 g/mol. The lowest BCUT2D eigenvalue weighted by Gasteiger charge is -2.29. The van der Waals surface area contributed by atoms with Crippen LogP contribution >= 0.6 is 16.4 Å². The molecule has 4 aromatic carbocycles. The molecule has 0 N–H and O–H groups in total. The summed E-state index contributed by atoms with van der Waals surface area (Å²) in [6.45, 7) is 6.56. The van der Waals surface area contributed by atoms with E-state index < -0.39 is 5.60 Å². The highest BCUT2D eigenvalue weighted by Gasteiger charge is 2.39. The van der Waals surface area contributed by atoms with Gasteiger partial charge in [-0.05, 0) is 86.8 Å². The molecule has 39 heavy (non-hydrogen) atoms. The normalized spacial score (nSPS) is 18.5. The maximum atomic E-state index is 13.6. The van der Waals surface area contributed by atoms with Gasteiger partial charge in [0, 0.05) is 18.5 Å². The standard InChI is InChI=1S/C34H33NO2P2/c1-34(2,3)37-33(36)35-20-22(24-13-9-17-30-32(24)26-12-5-7-15-28(26)39-30)19-23(35)18-21-10-8-16-29-31(21)25-11-4-6-14-27(25)38-29/h4-17,22-23,38-39H,18-20H2,1-3H3/t22-,23-/m1/s1. The second-order valence-corrected chi connectivity index (χ2v) is 14.5. The van der Waals surface area contributed by atoms with Crippen LogP contribution in [0.25, 0.3) is 42.0 Å². The van der Waals surface area contributed by atoms with Crippen molar-refractivity contribution in [2.24, 2.45) is 0 Å². The fourth-order valence-electron chi connectivity index (χ4n) is 6.55. The molecule has 0 aliphatic carbocycles. The van der Waals surface area contributed by atoms with Gasteiger partial charge in [0.1, 0.15) is 5.60 Å². The number of hydrogen-bond acceptors (Lipinski definition) is 2. The quantitative estimate of drug-likeness (QED) is 0.220. The van der Waals surface area contributed by atoms with Crippen molar-refractivity contribution in [2.45, 2.75) is 51.2 Å². The zero-order chi connectivity index (χ0) is 26.7. The van der Waals surface area contributed by atoms with E-state index in [1.165, 1.54) is 53.1 Å². The Morgan fingerprint density at radius 2 is 1.38 bits per heavy atom. The van der Waals surface area contributed by atoms with Gasteiger partial charge in [0.25, 0.3) is 0 Å². The Balaban J connectivity index is 1.30. The fourth-order valence-corrected chi connectivity index (χ4v) is 9.36. The average molecular weight is 550 g/mol. The summed E-state index contributed by atoms with van der Waals surface area (Å²) >= 11 is 0. The predicted molar refractivity (Wildman–Crippen MR) is 170 cm³/mol. The molecule has 3 heterocycles. The van der Waals surface area contributed by atoms with Gasteiger partial charge in [0.2, 0.25) is 0 Å². The number of carbonyl (C=O) groups excluding carboxylic acids is 1. The second kappa shape index (κ2) is 9.44. The smallest absolute Gasteiger partial charge is 0.410 e. The van der Waals surface area contributed by atoms with Crippen molar-refractivity contribution in [3.63, 3.8) is 0 Å². The van der Waals surface area contributed by atoms with Crippen molar-refractivity contribution in [1.29, 1.82) is 0 Å². The Bertz CT molecular complexity index is 1860. The van der Waals surface area contributed by atoms with Crippen molar-refractivity contribution in [2.75, 3.05) is 6.54 Å². The zero-order valence-corrected chi connectivity index (χ0v) is 24.6. The van der Waals surface area contributed by atoms with Gasteiger partial charge in [-0.1, -0.05) is 84.9 Å². The summed E-state index contributed by atoms with van der Waals surface area (Å²) in [5, 5.41) is 11.2. The lowest BCUT2D eigenvalue weighted by atomic mass is 9.90. The van der Waals surface area contributed by atoms with E-state index in [0.29, 0.717) is 22.9 Å². The summed E-state index contributed by atoms with van der Waals surface area (Å²) in [5.74, 6) is 0.277. The van der Waals surface area contributed by atoms with Crippen molar-refractivity contribution in [1.82, 2.24) is 4.90 Å². The molecule has 5 heteroatoms. The number of nitrogens with zero attached hydrogens (tertiary/aromatic N) is 1. The van der Waals surface area contributed by atoms with E-state index >= 15 is 0 Å². The second-order valence-electron chi connectivity index (χ2n) is 11.9. The molecule has 1 aliphatic heterocycles. The summed E-state index contributed by atoms with van der Waals surface area (Å²) in [4.78, 5) is 15.6. The SMILES string of the molecule is CC(C)(C)OC(=O)N1C[C@H](c2cccc3[pH]c4ccccc4c23)C[C@H]1Cc1cccc2[pH]c3ccccc3c12. The number of hydrogen-bond donors (Lipinski definition) is 0. The van der Waals surface area contributed by atoms with Crippen LogP contribution in [0.5, 0.6) is 0 Å². The minimum Gasteiger partial charge on any atom is -0.444 e. The maximum Gasteiger partial charge on any atom is 0.410 e. The molecule has 196 valence electrons. The summed E-state index contributed by atoms with van der Waals surface area (Å²) in [5.41, 5.74) is 2.20. The van der Waals surface area contributed by atoms with Gasteiger partial charge in [0.05, 0.1) is 0 Å². The molecule has 1 saturated heterocycles. The fraction of sp³-hybridized carbons (Fsp3) is 0.265. The number of carbonyl (C=O) groups is 1. The van der Waals surface area contributed by atoms with Crippen LogP contribution in [0.15, 0.2) is 84.9 Å². The molecule has 3 nitrogen and oxygen atoms in total. The van der Waals surface area contributed by atoms with Gasteiger partial charge in [0.15, 0.2) is 0 Å². The average Bonchev–Trinajstić information content (AvgIpc) is 3.61. The van der Waals surface area contributed by atoms with E-state index in [-0.39, 0.29) is 18.1 Å². The summed E-state index contributed by atoms with van der Waals surface area (Å²) in [6.07, 6.45) is 1.58. The Hall–Kier alpha value is -3.25. The number of amides is 1. The van der Waals surface area contributed by atoms with Crippen molar-refractivity contribution >= 4 is 64.5 Å². The van der Waals surface area contributed by atoms with Crippen LogP contribution in [0.2, 0.25) is 0 Å². The first-order valence-corrected chi connectivity index (χ1v) is 15.8. The van der Waals surface area contributed by atoms with Crippen LogP contribution in [0.1, 0.15) is 44.2 Å². The third-order valence-electron chi connectivity index (χ3n) is 8.12. The molecule has 1 aliphatic rings. The molecular weight excluding hydrogens is 516 g/mol. The molecule has 6 aromatic rings. The van der Waals surface area contributed by atoms with Gasteiger partial charge in [-0.3, -0.25) is 0 Å². The molecule has 0 radical (unpaired) electrons. The van der Waals surface area contributed by atoms with Gasteiger partial charge < -0.3 is 9.64 Å². The highest BCUT2D eigenvalue weighted by atomic mass is 31.0. The minimum absolute atomic E-state index is 0.0856. The summed E-state index contributed by atoms with van der Waals surface area (Å²) in [6, 6.07) is 31.2. The Morgan fingerprint density at radius 1 is 0.795 bits per heavy atom. The molecule has 7 rings (SSSR count). The molecule has 0 bridgehead atoms. The van der Waals surface area contributed by atoms with Gasteiger partial charge in [-0.25, -0.2) is 4.79 Å². The van der Waals surface area contributed by atoms with Crippen LogP contribution in [0.4, 0.5) is 4.79 Å². The highest BCUT2D eigenvalue weighted by Crippen LogP contribution is 2.45. The molecule has 0 spiro atoms. The van der Waals surface area contributed by atoms with Crippen LogP contribution in [0, 0.1) is 0 Å². The molecule has 1 fully saturated rings. The zero-order valence-electron chi connectivity index (χ0n) is 22.6. The number of fused-ring (bicyclic) bond motifs is 6. The number of ether oxygens (including phenoxy) is 1. The van der Waals surface area contributed by atoms with Gasteiger partial charge in [-0.2, -0.15) is 0 Å². The lowest BCUT2D eigenvalue weighted by Crippen LogP contribution is -2.40. The van der Waals surface area contributed by atoms with Gasteiger partial charge in [-0.15, -0.1) is 16.4 Å². The largest absolute Gasteiger partial charge is 0.444 e. The first-order valence-electron chi connectivity index (χ1n) is 13.8. The van der Waals surface area contributed by atoms with Crippen molar-refractivity contribution in [3.05, 3.63) is 96.1 Å². The lowest BCUT2D eigenvalue weighted by molar-refractivity contribution is 0.0225. The summed E-state index contributed by atoms with van der Waals surface area (Å²) < 4.78 is 5.96. The first-order chi connectivity index (χ1) is 18.9. The third-order valence-corrected chi connectivity index (χ3v) is 10.9. The van der Waals surface area contributed by atoms with Crippen LogP contribution < -0.4 is 0 Å².